The molecule has 4 heteroatoms. The van der Waals surface area contributed by atoms with Gasteiger partial charge in [0.15, 0.2) is 0 Å². The fourth-order valence-electron chi connectivity index (χ4n) is 0.620. The molecule has 0 radical (unpaired) electrons. The van der Waals surface area contributed by atoms with E-state index < -0.39 is 0 Å². The topological polar surface area (TPSA) is 51.8 Å². The van der Waals surface area contributed by atoms with E-state index in [0.29, 0.717) is 6.54 Å². The van der Waals surface area contributed by atoms with Gasteiger partial charge in [-0.15, -0.1) is 12.4 Å². The number of aryl methyl sites for hydroxylation is 1. The van der Waals surface area contributed by atoms with Crippen molar-refractivity contribution in [3.05, 3.63) is 23.8 Å². The monoisotopic (exact) mass is 159 g/mol. The summed E-state index contributed by atoms with van der Waals surface area (Å²) < 4.78 is 0. The largest absolute Gasteiger partial charge is 0.326 e. The number of hydrogen-bond donors (Lipinski definition) is 1. The van der Waals surface area contributed by atoms with Gasteiger partial charge in [-0.2, -0.15) is 0 Å². The molecule has 0 atom stereocenters. The molecule has 0 bridgehead atoms. The molecule has 0 aromatic carbocycles. The highest BCUT2D eigenvalue weighted by atomic mass is 35.5. The van der Waals surface area contributed by atoms with Crippen LogP contribution in [0, 0.1) is 6.92 Å². The van der Waals surface area contributed by atoms with Crippen LogP contribution in [0.2, 0.25) is 0 Å². The minimum Gasteiger partial charge on any atom is -0.326 e. The zero-order valence-electron chi connectivity index (χ0n) is 5.74. The molecule has 0 amide bonds. The molecule has 0 unspecified atom stereocenters. The molecule has 0 saturated carbocycles. The predicted octanol–water partition coefficient (Wildman–Crippen LogP) is 0.666. The molecule has 0 fully saturated rings. The Labute approximate surface area is 66.1 Å². The van der Waals surface area contributed by atoms with Gasteiger partial charge in [-0.3, -0.25) is 0 Å². The van der Waals surface area contributed by atoms with Crippen LogP contribution < -0.4 is 5.73 Å². The third kappa shape index (κ3) is 1.93. The Morgan fingerprint density at radius 2 is 2.30 bits per heavy atom. The Morgan fingerprint density at radius 3 is 2.70 bits per heavy atom. The van der Waals surface area contributed by atoms with E-state index in [-0.39, 0.29) is 12.4 Å². The summed E-state index contributed by atoms with van der Waals surface area (Å²) in [7, 11) is 0. The van der Waals surface area contributed by atoms with Crippen LogP contribution in [0.5, 0.6) is 0 Å². The lowest BCUT2D eigenvalue weighted by molar-refractivity contribution is 0.967. The first-order chi connectivity index (χ1) is 4.34. The van der Waals surface area contributed by atoms with Crippen LogP contribution in [0.4, 0.5) is 0 Å². The summed E-state index contributed by atoms with van der Waals surface area (Å²) in [5, 5.41) is 0. The van der Waals surface area contributed by atoms with E-state index in [2.05, 4.69) is 9.97 Å². The van der Waals surface area contributed by atoms with Gasteiger partial charge in [0.2, 0.25) is 0 Å². The molecule has 3 nitrogen and oxygen atoms in total. The van der Waals surface area contributed by atoms with Crippen molar-refractivity contribution in [2.75, 3.05) is 0 Å². The summed E-state index contributed by atoms with van der Waals surface area (Å²) >= 11 is 0. The standard InChI is InChI=1S/C6H9N3.ClH/c1-5-6(2-7)3-8-4-9-5;/h3-4H,2,7H2,1H3;1H. The van der Waals surface area contributed by atoms with Gasteiger partial charge in [-0.05, 0) is 6.92 Å². The zero-order valence-corrected chi connectivity index (χ0v) is 6.56. The molecule has 0 saturated heterocycles. The third-order valence-electron chi connectivity index (χ3n) is 1.23. The van der Waals surface area contributed by atoms with Gasteiger partial charge < -0.3 is 5.73 Å². The summed E-state index contributed by atoms with van der Waals surface area (Å²) in [5.74, 6) is 0. The Morgan fingerprint density at radius 1 is 1.60 bits per heavy atom. The average molecular weight is 160 g/mol. The molecule has 1 aromatic rings. The molecule has 2 N–H and O–H groups in total. The van der Waals surface area contributed by atoms with Crippen LogP contribution in [-0.2, 0) is 6.54 Å². The Balaban J connectivity index is 0.000000810. The molecule has 0 aliphatic carbocycles. The number of rotatable bonds is 1. The Hall–Kier alpha value is -0.670. The van der Waals surface area contributed by atoms with E-state index in [4.69, 9.17) is 5.73 Å². The second-order valence-electron chi connectivity index (χ2n) is 1.84. The van der Waals surface area contributed by atoms with E-state index in [9.17, 15) is 0 Å². The second-order valence-corrected chi connectivity index (χ2v) is 1.84. The molecule has 0 aliphatic rings. The van der Waals surface area contributed by atoms with Crippen molar-refractivity contribution < 1.29 is 0 Å². The molecule has 0 aliphatic heterocycles. The van der Waals surface area contributed by atoms with Crippen molar-refractivity contribution >= 4 is 12.4 Å². The van der Waals surface area contributed by atoms with E-state index in [1.807, 2.05) is 6.92 Å². The first-order valence-corrected chi connectivity index (χ1v) is 2.80. The first kappa shape index (κ1) is 9.33. The highest BCUT2D eigenvalue weighted by Gasteiger charge is 1.92. The maximum absolute atomic E-state index is 5.37. The molecular formula is C6H10ClN3. The highest BCUT2D eigenvalue weighted by Crippen LogP contribution is 1.97. The number of hydrogen-bond acceptors (Lipinski definition) is 3. The van der Waals surface area contributed by atoms with Crippen LogP contribution in [0.15, 0.2) is 12.5 Å². The van der Waals surface area contributed by atoms with Gasteiger partial charge in [-0.25, -0.2) is 9.97 Å². The van der Waals surface area contributed by atoms with Gasteiger partial charge in [0.1, 0.15) is 6.33 Å². The number of nitrogens with zero attached hydrogens (tertiary/aromatic N) is 2. The van der Waals surface area contributed by atoms with Crippen LogP contribution in [0.25, 0.3) is 0 Å². The number of nitrogens with two attached hydrogens (primary N) is 1. The smallest absolute Gasteiger partial charge is 0.115 e. The molecule has 1 heterocycles. The van der Waals surface area contributed by atoms with E-state index in [1.165, 1.54) is 6.33 Å². The van der Waals surface area contributed by atoms with E-state index in [0.717, 1.165) is 11.3 Å². The van der Waals surface area contributed by atoms with Crippen LogP contribution >= 0.6 is 12.4 Å². The summed E-state index contributed by atoms with van der Waals surface area (Å²) in [6.07, 6.45) is 3.26. The number of aromatic nitrogens is 2. The summed E-state index contributed by atoms with van der Waals surface area (Å²) in [4.78, 5) is 7.78. The lowest BCUT2D eigenvalue weighted by Gasteiger charge is -1.96. The normalized spacial score (nSPS) is 8.60. The van der Waals surface area contributed by atoms with Crippen LogP contribution in [0.3, 0.4) is 0 Å². The SMILES string of the molecule is Cc1ncncc1CN.Cl. The molecular weight excluding hydrogens is 150 g/mol. The number of halogens is 1. The highest BCUT2D eigenvalue weighted by molar-refractivity contribution is 5.85. The first-order valence-electron chi connectivity index (χ1n) is 2.80. The van der Waals surface area contributed by atoms with E-state index in [1.54, 1.807) is 6.20 Å². The maximum atomic E-state index is 5.37. The molecule has 56 valence electrons. The third-order valence-corrected chi connectivity index (χ3v) is 1.23. The Kier molecular flexibility index (Phi) is 3.91. The van der Waals surface area contributed by atoms with Crippen molar-refractivity contribution in [1.29, 1.82) is 0 Å². The van der Waals surface area contributed by atoms with Crippen molar-refractivity contribution in [3.63, 3.8) is 0 Å². The van der Waals surface area contributed by atoms with Crippen molar-refractivity contribution in [2.45, 2.75) is 13.5 Å². The molecule has 0 spiro atoms. The fourth-order valence-corrected chi connectivity index (χ4v) is 0.620. The fraction of sp³-hybridized carbons (Fsp3) is 0.333. The predicted molar refractivity (Wildman–Crippen MR) is 41.9 cm³/mol. The van der Waals surface area contributed by atoms with Gasteiger partial charge in [0, 0.05) is 24.0 Å². The van der Waals surface area contributed by atoms with Crippen molar-refractivity contribution in [2.24, 2.45) is 5.73 Å². The summed E-state index contributed by atoms with van der Waals surface area (Å²) in [6.45, 7) is 2.44. The summed E-state index contributed by atoms with van der Waals surface area (Å²) in [6, 6.07) is 0. The average Bonchev–Trinajstić information content (AvgIpc) is 1.89. The zero-order chi connectivity index (χ0) is 6.69. The molecule has 1 rings (SSSR count). The van der Waals surface area contributed by atoms with Gasteiger partial charge in [0.25, 0.3) is 0 Å². The second kappa shape index (κ2) is 4.19. The lowest BCUT2D eigenvalue weighted by atomic mass is 10.2. The minimum atomic E-state index is 0. The summed E-state index contributed by atoms with van der Waals surface area (Å²) in [5.41, 5.74) is 7.35. The molecule has 10 heavy (non-hydrogen) atoms. The van der Waals surface area contributed by atoms with Crippen LogP contribution in [0.1, 0.15) is 11.3 Å². The molecule has 1 aromatic heterocycles. The van der Waals surface area contributed by atoms with Crippen LogP contribution in [-0.4, -0.2) is 9.97 Å². The van der Waals surface area contributed by atoms with Crippen molar-refractivity contribution in [1.82, 2.24) is 9.97 Å². The quantitative estimate of drug-likeness (QED) is 0.655. The van der Waals surface area contributed by atoms with Gasteiger partial charge >= 0.3 is 0 Å². The van der Waals surface area contributed by atoms with Gasteiger partial charge in [0.05, 0.1) is 0 Å². The van der Waals surface area contributed by atoms with Crippen molar-refractivity contribution in [3.8, 4) is 0 Å². The van der Waals surface area contributed by atoms with E-state index >= 15 is 0 Å². The van der Waals surface area contributed by atoms with Gasteiger partial charge in [-0.1, -0.05) is 0 Å². The Bertz CT molecular complexity index is 202. The maximum Gasteiger partial charge on any atom is 0.115 e. The minimum absolute atomic E-state index is 0. The lowest BCUT2D eigenvalue weighted by Crippen LogP contribution is -2.00.